The molecule has 0 spiro atoms. The summed E-state index contributed by atoms with van der Waals surface area (Å²) in [6.45, 7) is 3.80. The van der Waals surface area contributed by atoms with E-state index in [1.54, 1.807) is 0 Å². The molecule has 0 aliphatic heterocycles. The third-order valence-corrected chi connectivity index (χ3v) is 4.36. The van der Waals surface area contributed by atoms with E-state index < -0.39 is 12.0 Å². The summed E-state index contributed by atoms with van der Waals surface area (Å²) in [5.74, 6) is -1.41. The molecule has 0 aliphatic carbocycles. The third kappa shape index (κ3) is 3.59. The minimum Gasteiger partial charge on any atom is -0.480 e. The van der Waals surface area contributed by atoms with Gasteiger partial charge in [0.2, 0.25) is 0 Å². The van der Waals surface area contributed by atoms with Crippen LogP contribution in [0, 0.1) is 0 Å². The molecule has 4 nitrogen and oxygen atoms in total. The van der Waals surface area contributed by atoms with E-state index in [9.17, 15) is 14.7 Å². The molecule has 2 N–H and O–H groups in total. The highest BCUT2D eigenvalue weighted by atomic mass is 16.4. The predicted molar refractivity (Wildman–Crippen MR) is 104 cm³/mol. The number of hydrogen-bond donors (Lipinski definition) is 2. The van der Waals surface area contributed by atoms with Gasteiger partial charge in [-0.15, -0.1) is 0 Å². The van der Waals surface area contributed by atoms with Crippen LogP contribution < -0.4 is 5.32 Å². The largest absolute Gasteiger partial charge is 0.480 e. The van der Waals surface area contributed by atoms with E-state index in [1.165, 1.54) is 0 Å². The van der Waals surface area contributed by atoms with E-state index in [0.717, 1.165) is 27.1 Å². The van der Waals surface area contributed by atoms with Crippen molar-refractivity contribution in [3.05, 3.63) is 71.8 Å². The zero-order valence-electron chi connectivity index (χ0n) is 14.8. The Morgan fingerprint density at radius 2 is 1.54 bits per heavy atom. The second-order valence-corrected chi connectivity index (χ2v) is 6.58. The monoisotopic (exact) mass is 347 g/mol. The van der Waals surface area contributed by atoms with Gasteiger partial charge in [-0.25, -0.2) is 4.79 Å². The van der Waals surface area contributed by atoms with Crippen molar-refractivity contribution in [1.29, 1.82) is 0 Å². The highest BCUT2D eigenvalue weighted by Gasteiger charge is 2.22. The average Bonchev–Trinajstić information content (AvgIpc) is 2.62. The minimum atomic E-state index is -1.04. The molecule has 3 aromatic carbocycles. The van der Waals surface area contributed by atoms with Crippen LogP contribution in [0.2, 0.25) is 0 Å². The third-order valence-electron chi connectivity index (χ3n) is 4.36. The summed E-state index contributed by atoms with van der Waals surface area (Å²) >= 11 is 0. The van der Waals surface area contributed by atoms with Crippen LogP contribution in [0.3, 0.4) is 0 Å². The number of carbonyl (C=O) groups is 2. The van der Waals surface area contributed by atoms with Gasteiger partial charge in [0.25, 0.3) is 5.91 Å². The summed E-state index contributed by atoms with van der Waals surface area (Å²) < 4.78 is 0. The SMILES string of the molecule is CC(C)=CC[C@@H](NC(=O)c1c2ccccc2cc2ccccc12)C(=O)O. The van der Waals surface area contributed by atoms with Crippen molar-refractivity contribution in [2.45, 2.75) is 26.3 Å². The maximum absolute atomic E-state index is 13.0. The van der Waals surface area contributed by atoms with E-state index in [1.807, 2.05) is 74.5 Å². The lowest BCUT2D eigenvalue weighted by Gasteiger charge is -2.16. The molecule has 0 fully saturated rings. The molecule has 0 aliphatic rings. The van der Waals surface area contributed by atoms with Crippen molar-refractivity contribution in [3.8, 4) is 0 Å². The lowest BCUT2D eigenvalue weighted by molar-refractivity contribution is -0.139. The number of rotatable bonds is 5. The smallest absolute Gasteiger partial charge is 0.326 e. The first-order valence-corrected chi connectivity index (χ1v) is 8.55. The maximum Gasteiger partial charge on any atom is 0.326 e. The van der Waals surface area contributed by atoms with Gasteiger partial charge in [0, 0.05) is 0 Å². The number of aliphatic carboxylic acids is 1. The fourth-order valence-electron chi connectivity index (χ4n) is 3.06. The molecule has 0 heterocycles. The van der Waals surface area contributed by atoms with Crippen molar-refractivity contribution in [2.24, 2.45) is 0 Å². The topological polar surface area (TPSA) is 66.4 Å². The summed E-state index contributed by atoms with van der Waals surface area (Å²) in [4.78, 5) is 24.6. The summed E-state index contributed by atoms with van der Waals surface area (Å²) in [7, 11) is 0. The van der Waals surface area contributed by atoms with Gasteiger partial charge in [0.1, 0.15) is 6.04 Å². The molecule has 0 radical (unpaired) electrons. The molecule has 0 aromatic heterocycles. The quantitative estimate of drug-likeness (QED) is 0.526. The van der Waals surface area contributed by atoms with Gasteiger partial charge in [-0.3, -0.25) is 4.79 Å². The fraction of sp³-hybridized carbons (Fsp3) is 0.182. The van der Waals surface area contributed by atoms with Crippen LogP contribution in [-0.2, 0) is 4.79 Å². The molecule has 4 heteroatoms. The maximum atomic E-state index is 13.0. The molecular weight excluding hydrogens is 326 g/mol. The number of benzene rings is 3. The van der Waals surface area contributed by atoms with Crippen molar-refractivity contribution in [2.75, 3.05) is 0 Å². The van der Waals surface area contributed by atoms with Gasteiger partial charge in [-0.1, -0.05) is 60.2 Å². The zero-order chi connectivity index (χ0) is 18.7. The van der Waals surface area contributed by atoms with E-state index in [2.05, 4.69) is 5.32 Å². The molecule has 0 saturated heterocycles. The van der Waals surface area contributed by atoms with Gasteiger partial charge in [0.05, 0.1) is 5.56 Å². The Hall–Kier alpha value is -3.14. The number of nitrogens with one attached hydrogen (secondary N) is 1. The first kappa shape index (κ1) is 17.7. The summed E-state index contributed by atoms with van der Waals surface area (Å²) in [5, 5.41) is 15.7. The Kier molecular flexibility index (Phi) is 5.03. The lowest BCUT2D eigenvalue weighted by Crippen LogP contribution is -2.40. The first-order chi connectivity index (χ1) is 12.5. The molecular formula is C22H21NO3. The van der Waals surface area contributed by atoms with E-state index in [4.69, 9.17) is 0 Å². The second-order valence-electron chi connectivity index (χ2n) is 6.58. The number of amides is 1. The number of carboxylic acids is 1. The Bertz CT molecular complexity index is 962. The lowest BCUT2D eigenvalue weighted by atomic mass is 9.96. The summed E-state index contributed by atoms with van der Waals surface area (Å²) in [5.41, 5.74) is 1.53. The van der Waals surface area contributed by atoms with Crippen LogP contribution in [0.1, 0.15) is 30.6 Å². The van der Waals surface area contributed by atoms with Gasteiger partial charge in [-0.2, -0.15) is 0 Å². The minimum absolute atomic E-state index is 0.256. The molecule has 26 heavy (non-hydrogen) atoms. The Morgan fingerprint density at radius 1 is 1.00 bits per heavy atom. The molecule has 3 aromatic rings. The molecule has 132 valence electrons. The number of carboxylic acid groups (broad SMARTS) is 1. The van der Waals surface area contributed by atoms with E-state index in [0.29, 0.717) is 5.56 Å². The number of allylic oxidation sites excluding steroid dienone is 1. The standard InChI is InChI=1S/C22H21NO3/c1-14(2)11-12-19(22(25)26)23-21(24)20-17-9-5-3-7-15(17)13-16-8-4-6-10-18(16)20/h3-11,13,19H,12H2,1-2H3,(H,23,24)(H,25,26)/t19-/m1/s1. The van der Waals surface area contributed by atoms with Crippen LogP contribution in [0.15, 0.2) is 66.2 Å². The molecule has 3 rings (SSSR count). The van der Waals surface area contributed by atoms with Crippen LogP contribution >= 0.6 is 0 Å². The van der Waals surface area contributed by atoms with Crippen molar-refractivity contribution >= 4 is 33.4 Å². The fourth-order valence-corrected chi connectivity index (χ4v) is 3.06. The van der Waals surface area contributed by atoms with Crippen molar-refractivity contribution in [1.82, 2.24) is 5.32 Å². The second kappa shape index (κ2) is 7.40. The molecule has 1 amide bonds. The number of fused-ring (bicyclic) bond motifs is 2. The Morgan fingerprint density at radius 3 is 2.04 bits per heavy atom. The van der Waals surface area contributed by atoms with E-state index >= 15 is 0 Å². The van der Waals surface area contributed by atoms with Gasteiger partial charge >= 0.3 is 5.97 Å². The molecule has 0 unspecified atom stereocenters. The highest BCUT2D eigenvalue weighted by molar-refractivity contribution is 6.18. The Balaban J connectivity index is 2.08. The summed E-state index contributed by atoms with van der Waals surface area (Å²) in [6.07, 6.45) is 2.08. The molecule has 0 saturated carbocycles. The van der Waals surface area contributed by atoms with Gasteiger partial charge < -0.3 is 10.4 Å². The first-order valence-electron chi connectivity index (χ1n) is 8.55. The van der Waals surface area contributed by atoms with Gasteiger partial charge in [0.15, 0.2) is 0 Å². The van der Waals surface area contributed by atoms with Crippen molar-refractivity contribution in [3.63, 3.8) is 0 Å². The van der Waals surface area contributed by atoms with Gasteiger partial charge in [-0.05, 0) is 47.9 Å². The van der Waals surface area contributed by atoms with Crippen LogP contribution in [-0.4, -0.2) is 23.0 Å². The van der Waals surface area contributed by atoms with Crippen LogP contribution in [0.5, 0.6) is 0 Å². The molecule has 0 bridgehead atoms. The van der Waals surface area contributed by atoms with Crippen molar-refractivity contribution < 1.29 is 14.7 Å². The Labute approximate surface area is 152 Å². The van der Waals surface area contributed by atoms with Crippen LogP contribution in [0.4, 0.5) is 0 Å². The average molecular weight is 347 g/mol. The zero-order valence-corrected chi connectivity index (χ0v) is 14.8. The summed E-state index contributed by atoms with van der Waals surface area (Å²) in [6, 6.07) is 16.4. The number of carbonyl (C=O) groups excluding carboxylic acids is 1. The normalized spacial score (nSPS) is 11.9. The predicted octanol–water partition coefficient (Wildman–Crippen LogP) is 4.53. The highest BCUT2D eigenvalue weighted by Crippen LogP contribution is 2.28. The molecule has 1 atom stereocenters. The van der Waals surface area contributed by atoms with Crippen LogP contribution in [0.25, 0.3) is 21.5 Å². The number of hydrogen-bond acceptors (Lipinski definition) is 2. The van der Waals surface area contributed by atoms with E-state index in [-0.39, 0.29) is 12.3 Å².